The highest BCUT2D eigenvalue weighted by atomic mass is 35.5. The van der Waals surface area contributed by atoms with E-state index in [0.717, 1.165) is 0 Å². The summed E-state index contributed by atoms with van der Waals surface area (Å²) >= 11 is 5.74. The average Bonchev–Trinajstić information content (AvgIpc) is 2.89. The van der Waals surface area contributed by atoms with Crippen molar-refractivity contribution in [2.24, 2.45) is 5.73 Å². The molecular weight excluding hydrogens is 284 g/mol. The molecule has 6 nitrogen and oxygen atoms in total. The number of furan rings is 1. The summed E-state index contributed by atoms with van der Waals surface area (Å²) in [6.07, 6.45) is 0. The zero-order chi connectivity index (χ0) is 14.7. The van der Waals surface area contributed by atoms with E-state index in [-0.39, 0.29) is 22.9 Å². The van der Waals surface area contributed by atoms with Gasteiger partial charge in [0.15, 0.2) is 5.76 Å². The Balaban J connectivity index is 2.19. The Morgan fingerprint density at radius 1 is 1.30 bits per heavy atom. The highest BCUT2D eigenvalue weighted by Gasteiger charge is 2.14. The largest absolute Gasteiger partial charge is 0.478 e. The Morgan fingerprint density at radius 2 is 2.05 bits per heavy atom. The summed E-state index contributed by atoms with van der Waals surface area (Å²) in [6, 6.07) is 7.26. The first-order chi connectivity index (χ1) is 9.51. The minimum absolute atomic E-state index is 0.0911. The minimum Gasteiger partial charge on any atom is -0.478 e. The average molecular weight is 295 g/mol. The third kappa shape index (κ3) is 2.98. The van der Waals surface area contributed by atoms with Crippen LogP contribution >= 0.6 is 11.6 Å². The molecule has 4 N–H and O–H groups in total. The quantitative estimate of drug-likeness (QED) is 0.802. The van der Waals surface area contributed by atoms with Crippen molar-refractivity contribution >= 4 is 29.2 Å². The molecule has 0 radical (unpaired) electrons. The smallest absolute Gasteiger partial charge is 0.337 e. The van der Waals surface area contributed by atoms with E-state index in [0.29, 0.717) is 11.4 Å². The number of hydrogen-bond acceptors (Lipinski definition) is 4. The van der Waals surface area contributed by atoms with Crippen molar-refractivity contribution in [1.29, 1.82) is 0 Å². The molecule has 1 aromatic carbocycles. The van der Waals surface area contributed by atoms with Crippen molar-refractivity contribution in [3.8, 4) is 0 Å². The molecule has 2 aromatic rings. The molecule has 1 heterocycles. The molecule has 0 spiro atoms. The van der Waals surface area contributed by atoms with Crippen molar-refractivity contribution in [3.05, 3.63) is 52.4 Å². The van der Waals surface area contributed by atoms with E-state index in [1.807, 2.05) is 0 Å². The Morgan fingerprint density at radius 3 is 2.65 bits per heavy atom. The van der Waals surface area contributed by atoms with Crippen LogP contribution in [-0.4, -0.2) is 17.0 Å². The zero-order valence-electron chi connectivity index (χ0n) is 10.2. The molecule has 1 amide bonds. The van der Waals surface area contributed by atoms with Gasteiger partial charge in [-0.1, -0.05) is 11.6 Å². The molecule has 7 heteroatoms. The standard InChI is InChI=1S/C13H11ClN2O4/c14-10-3-1-7(5-9(10)13(18)19)16-12(17)11-4-2-8(6-15)20-11/h1-5H,6,15H2,(H,16,17)(H,18,19). The molecule has 104 valence electrons. The first-order valence-corrected chi connectivity index (χ1v) is 6.02. The van der Waals surface area contributed by atoms with Gasteiger partial charge in [0.2, 0.25) is 0 Å². The molecule has 0 bridgehead atoms. The van der Waals surface area contributed by atoms with Gasteiger partial charge in [0.05, 0.1) is 17.1 Å². The van der Waals surface area contributed by atoms with Gasteiger partial charge in [-0.3, -0.25) is 4.79 Å². The van der Waals surface area contributed by atoms with Crippen LogP contribution in [0, 0.1) is 0 Å². The number of rotatable bonds is 4. The predicted molar refractivity (Wildman–Crippen MR) is 73.0 cm³/mol. The van der Waals surface area contributed by atoms with Gasteiger partial charge in [-0.2, -0.15) is 0 Å². The number of halogens is 1. The summed E-state index contributed by atoms with van der Waals surface area (Å²) in [5.74, 6) is -1.09. The van der Waals surface area contributed by atoms with E-state index in [1.165, 1.54) is 24.3 Å². The second-order valence-corrected chi connectivity index (χ2v) is 4.33. The highest BCUT2D eigenvalue weighted by molar-refractivity contribution is 6.33. The Labute approximate surface area is 119 Å². The second-order valence-electron chi connectivity index (χ2n) is 3.92. The maximum absolute atomic E-state index is 11.9. The SMILES string of the molecule is NCc1ccc(C(=O)Nc2ccc(Cl)c(C(=O)O)c2)o1. The van der Waals surface area contributed by atoms with Crippen LogP contribution in [0.4, 0.5) is 5.69 Å². The third-order valence-electron chi connectivity index (χ3n) is 2.54. The molecule has 0 saturated carbocycles. The second kappa shape index (κ2) is 5.77. The van der Waals surface area contributed by atoms with Crippen molar-refractivity contribution in [1.82, 2.24) is 0 Å². The highest BCUT2D eigenvalue weighted by Crippen LogP contribution is 2.21. The Kier molecular flexibility index (Phi) is 4.07. The maximum atomic E-state index is 11.9. The monoisotopic (exact) mass is 294 g/mol. The van der Waals surface area contributed by atoms with Crippen molar-refractivity contribution in [2.75, 3.05) is 5.32 Å². The summed E-state index contributed by atoms with van der Waals surface area (Å²) < 4.78 is 5.19. The van der Waals surface area contributed by atoms with Crippen LogP contribution in [0.3, 0.4) is 0 Å². The number of aromatic carboxylic acids is 1. The normalized spacial score (nSPS) is 10.3. The number of nitrogens with one attached hydrogen (secondary N) is 1. The molecule has 0 aliphatic rings. The maximum Gasteiger partial charge on any atom is 0.337 e. The van der Waals surface area contributed by atoms with Crippen molar-refractivity contribution in [2.45, 2.75) is 6.54 Å². The van der Waals surface area contributed by atoms with Crippen LogP contribution in [0.5, 0.6) is 0 Å². The number of carboxylic acids is 1. The minimum atomic E-state index is -1.17. The van der Waals surface area contributed by atoms with E-state index in [2.05, 4.69) is 5.32 Å². The molecule has 0 aliphatic heterocycles. The predicted octanol–water partition coefficient (Wildman–Crippen LogP) is 2.34. The molecule has 0 unspecified atom stereocenters. The first kappa shape index (κ1) is 14.1. The van der Waals surface area contributed by atoms with Gasteiger partial charge < -0.3 is 20.6 Å². The fraction of sp³-hybridized carbons (Fsp3) is 0.0769. The first-order valence-electron chi connectivity index (χ1n) is 5.64. The lowest BCUT2D eigenvalue weighted by Gasteiger charge is -2.05. The van der Waals surface area contributed by atoms with Gasteiger partial charge in [0.25, 0.3) is 5.91 Å². The molecule has 0 fully saturated rings. The fourth-order valence-electron chi connectivity index (χ4n) is 1.57. The van der Waals surface area contributed by atoms with Crippen LogP contribution in [0.2, 0.25) is 5.02 Å². The van der Waals surface area contributed by atoms with Gasteiger partial charge >= 0.3 is 5.97 Å². The van der Waals surface area contributed by atoms with Gasteiger partial charge in [-0.15, -0.1) is 0 Å². The van der Waals surface area contributed by atoms with Crippen molar-refractivity contribution in [3.63, 3.8) is 0 Å². The number of amides is 1. The number of benzene rings is 1. The van der Waals surface area contributed by atoms with Gasteiger partial charge in [-0.05, 0) is 30.3 Å². The van der Waals surface area contributed by atoms with E-state index in [1.54, 1.807) is 6.07 Å². The number of hydrogen-bond donors (Lipinski definition) is 3. The van der Waals surface area contributed by atoms with E-state index in [4.69, 9.17) is 26.9 Å². The Hall–Kier alpha value is -2.31. The van der Waals surface area contributed by atoms with Gasteiger partial charge in [-0.25, -0.2) is 4.79 Å². The van der Waals surface area contributed by atoms with Crippen LogP contribution in [0.15, 0.2) is 34.7 Å². The lowest BCUT2D eigenvalue weighted by molar-refractivity contribution is 0.0696. The summed E-state index contributed by atoms with van der Waals surface area (Å²) in [7, 11) is 0. The van der Waals surface area contributed by atoms with E-state index in [9.17, 15) is 9.59 Å². The fourth-order valence-corrected chi connectivity index (χ4v) is 1.77. The summed E-state index contributed by atoms with van der Waals surface area (Å²) in [5.41, 5.74) is 5.60. The lowest BCUT2D eigenvalue weighted by Crippen LogP contribution is -2.11. The number of carboxylic acid groups (broad SMARTS) is 1. The van der Waals surface area contributed by atoms with Gasteiger partial charge in [0.1, 0.15) is 5.76 Å². The molecule has 1 aromatic heterocycles. The third-order valence-corrected chi connectivity index (χ3v) is 2.87. The van der Waals surface area contributed by atoms with Crippen molar-refractivity contribution < 1.29 is 19.1 Å². The molecule has 0 saturated heterocycles. The van der Waals surface area contributed by atoms with Crippen LogP contribution in [0.1, 0.15) is 26.7 Å². The number of nitrogens with two attached hydrogens (primary N) is 1. The van der Waals surface area contributed by atoms with Crippen LogP contribution < -0.4 is 11.1 Å². The number of carbonyl (C=O) groups is 2. The number of carbonyl (C=O) groups excluding carboxylic acids is 1. The van der Waals surface area contributed by atoms with Crippen LogP contribution in [-0.2, 0) is 6.54 Å². The zero-order valence-corrected chi connectivity index (χ0v) is 11.0. The van der Waals surface area contributed by atoms with Gasteiger partial charge in [0, 0.05) is 5.69 Å². The van der Waals surface area contributed by atoms with E-state index >= 15 is 0 Å². The van der Waals surface area contributed by atoms with E-state index < -0.39 is 11.9 Å². The summed E-state index contributed by atoms with van der Waals surface area (Å²) in [4.78, 5) is 22.8. The summed E-state index contributed by atoms with van der Waals surface area (Å²) in [6.45, 7) is 0.192. The molecule has 0 aliphatic carbocycles. The molecular formula is C13H11ClN2O4. The molecule has 0 atom stereocenters. The summed E-state index contributed by atoms with van der Waals surface area (Å²) in [5, 5.41) is 11.6. The Bertz CT molecular complexity index is 666. The number of anilines is 1. The lowest BCUT2D eigenvalue weighted by atomic mass is 10.2. The molecule has 20 heavy (non-hydrogen) atoms. The topological polar surface area (TPSA) is 106 Å². The molecule has 2 rings (SSSR count). The van der Waals surface area contributed by atoms with Crippen LogP contribution in [0.25, 0.3) is 0 Å².